The zero-order chi connectivity index (χ0) is 19.4. The molecule has 0 aliphatic heterocycles. The number of hydrogen-bond donors (Lipinski definition) is 0. The standard InChI is InChI=1S/C25H49N2/c1-3-5-6-7-8-9-10-11-12-13-14-15-16-17-18-19-20-22-27-24-23-26(25-27)21-4-2/h23-25H,3-22H2,1-2H3/q+1. The fourth-order valence-corrected chi connectivity index (χ4v) is 3.98. The monoisotopic (exact) mass is 377 g/mol. The molecule has 0 aliphatic carbocycles. The van der Waals surface area contributed by atoms with E-state index in [0.29, 0.717) is 0 Å². The topological polar surface area (TPSA) is 8.81 Å². The molecule has 0 aliphatic rings. The third-order valence-corrected chi connectivity index (χ3v) is 5.75. The lowest BCUT2D eigenvalue weighted by atomic mass is 10.0. The molecule has 0 fully saturated rings. The number of nitrogens with zero attached hydrogens (tertiary/aromatic N) is 2. The largest absolute Gasteiger partial charge is 0.243 e. The fraction of sp³-hybridized carbons (Fsp3) is 0.880. The molecule has 0 N–H and O–H groups in total. The van der Waals surface area contributed by atoms with Crippen molar-refractivity contribution in [1.82, 2.24) is 4.57 Å². The predicted octanol–water partition coefficient (Wildman–Crippen LogP) is 7.84. The summed E-state index contributed by atoms with van der Waals surface area (Å²) in [6.07, 6.45) is 32.5. The first kappa shape index (κ1) is 24.2. The lowest BCUT2D eigenvalue weighted by Crippen LogP contribution is -2.30. The predicted molar refractivity (Wildman–Crippen MR) is 119 cm³/mol. The maximum absolute atomic E-state index is 2.35. The van der Waals surface area contributed by atoms with E-state index in [1.165, 1.54) is 122 Å². The average Bonchev–Trinajstić information content (AvgIpc) is 3.12. The Morgan fingerprint density at radius 3 is 1.44 bits per heavy atom. The van der Waals surface area contributed by atoms with Crippen LogP contribution in [0.1, 0.15) is 129 Å². The van der Waals surface area contributed by atoms with Gasteiger partial charge in [-0.25, -0.2) is 9.13 Å². The molecule has 0 saturated heterocycles. The maximum atomic E-state index is 2.35. The Hall–Kier alpha value is -0.790. The van der Waals surface area contributed by atoms with Gasteiger partial charge in [-0.15, -0.1) is 0 Å². The number of imidazole rings is 1. The highest BCUT2D eigenvalue weighted by Gasteiger charge is 2.02. The smallest absolute Gasteiger partial charge is 0.237 e. The Morgan fingerprint density at radius 2 is 1.00 bits per heavy atom. The second-order valence-corrected chi connectivity index (χ2v) is 8.55. The first-order valence-electron chi connectivity index (χ1n) is 12.4. The summed E-state index contributed by atoms with van der Waals surface area (Å²) < 4.78 is 4.65. The number of hydrogen-bond acceptors (Lipinski definition) is 0. The van der Waals surface area contributed by atoms with Gasteiger partial charge in [0.25, 0.3) is 0 Å². The van der Waals surface area contributed by atoms with Crippen LogP contribution in [0.3, 0.4) is 0 Å². The summed E-state index contributed by atoms with van der Waals surface area (Å²) >= 11 is 0. The Labute approximate surface area is 170 Å². The summed E-state index contributed by atoms with van der Waals surface area (Å²) in [7, 11) is 0. The highest BCUT2D eigenvalue weighted by Crippen LogP contribution is 2.14. The Balaban J connectivity index is 1.74. The van der Waals surface area contributed by atoms with Crippen molar-refractivity contribution < 1.29 is 4.57 Å². The molecule has 1 aromatic rings. The van der Waals surface area contributed by atoms with Gasteiger partial charge in [0.1, 0.15) is 12.4 Å². The number of unbranched alkanes of at least 4 members (excludes halogenated alkanes) is 16. The fourth-order valence-electron chi connectivity index (χ4n) is 3.98. The Kier molecular flexibility index (Phi) is 16.7. The third kappa shape index (κ3) is 14.9. The molecule has 0 radical (unpaired) electrons. The van der Waals surface area contributed by atoms with Crippen molar-refractivity contribution in [3.63, 3.8) is 0 Å². The van der Waals surface area contributed by atoms with Gasteiger partial charge >= 0.3 is 0 Å². The molecular formula is C25H49N2+. The van der Waals surface area contributed by atoms with Crippen molar-refractivity contribution in [2.75, 3.05) is 0 Å². The van der Waals surface area contributed by atoms with Crippen molar-refractivity contribution in [1.29, 1.82) is 0 Å². The van der Waals surface area contributed by atoms with Crippen LogP contribution in [-0.2, 0) is 13.1 Å². The molecule has 0 bridgehead atoms. The van der Waals surface area contributed by atoms with Gasteiger partial charge in [-0.3, -0.25) is 0 Å². The van der Waals surface area contributed by atoms with Crippen molar-refractivity contribution in [3.05, 3.63) is 18.7 Å². The van der Waals surface area contributed by atoms with E-state index >= 15 is 0 Å². The zero-order valence-electron chi connectivity index (χ0n) is 18.8. The van der Waals surface area contributed by atoms with Gasteiger partial charge in [0.2, 0.25) is 6.33 Å². The lowest BCUT2D eigenvalue weighted by molar-refractivity contribution is -0.696. The zero-order valence-corrected chi connectivity index (χ0v) is 18.8. The highest BCUT2D eigenvalue weighted by atomic mass is 15.1. The number of rotatable bonds is 20. The van der Waals surface area contributed by atoms with Crippen LogP contribution in [0.4, 0.5) is 0 Å². The molecule has 1 rings (SSSR count). The summed E-state index contributed by atoms with van der Waals surface area (Å²) in [6.45, 7) is 6.87. The molecule has 0 amide bonds. The van der Waals surface area contributed by atoms with Gasteiger partial charge in [-0.05, 0) is 19.3 Å². The van der Waals surface area contributed by atoms with Gasteiger partial charge in [0, 0.05) is 0 Å². The van der Waals surface area contributed by atoms with E-state index in [0.717, 1.165) is 6.54 Å². The first-order valence-corrected chi connectivity index (χ1v) is 12.4. The molecule has 0 spiro atoms. The minimum Gasteiger partial charge on any atom is -0.237 e. The van der Waals surface area contributed by atoms with Gasteiger partial charge in [-0.1, -0.05) is 110 Å². The van der Waals surface area contributed by atoms with Gasteiger partial charge in [0.05, 0.1) is 13.1 Å². The van der Waals surface area contributed by atoms with Crippen LogP contribution in [0.2, 0.25) is 0 Å². The number of aryl methyl sites for hydroxylation is 2. The van der Waals surface area contributed by atoms with E-state index in [1.54, 1.807) is 0 Å². The van der Waals surface area contributed by atoms with Crippen LogP contribution in [0.15, 0.2) is 18.7 Å². The van der Waals surface area contributed by atoms with Crippen molar-refractivity contribution >= 4 is 0 Å². The molecule has 1 aromatic heterocycles. The molecule has 0 unspecified atom stereocenters. The van der Waals surface area contributed by atoms with Crippen LogP contribution in [0, 0.1) is 0 Å². The molecular weight excluding hydrogens is 328 g/mol. The quantitative estimate of drug-likeness (QED) is 0.162. The van der Waals surface area contributed by atoms with Crippen molar-refractivity contribution in [2.45, 2.75) is 143 Å². The molecule has 2 heteroatoms. The number of aromatic nitrogens is 2. The minimum atomic E-state index is 1.14. The van der Waals surface area contributed by atoms with Crippen LogP contribution >= 0.6 is 0 Å². The molecule has 2 nitrogen and oxygen atoms in total. The average molecular weight is 378 g/mol. The Bertz CT molecular complexity index is 410. The summed E-state index contributed by atoms with van der Waals surface area (Å²) in [5.74, 6) is 0. The molecule has 1 heterocycles. The van der Waals surface area contributed by atoms with Gasteiger partial charge in [0.15, 0.2) is 0 Å². The van der Waals surface area contributed by atoms with E-state index in [2.05, 4.69) is 41.7 Å². The van der Waals surface area contributed by atoms with E-state index in [1.807, 2.05) is 0 Å². The second kappa shape index (κ2) is 18.6. The SMILES string of the molecule is CCCCCCCCCCCCCCCCCCC[n+]1ccn(CCC)c1. The normalized spacial score (nSPS) is 11.3. The van der Waals surface area contributed by atoms with Crippen molar-refractivity contribution in [2.24, 2.45) is 0 Å². The van der Waals surface area contributed by atoms with E-state index in [4.69, 9.17) is 0 Å². The van der Waals surface area contributed by atoms with Crippen LogP contribution < -0.4 is 4.57 Å². The van der Waals surface area contributed by atoms with E-state index in [9.17, 15) is 0 Å². The minimum absolute atomic E-state index is 1.14. The van der Waals surface area contributed by atoms with E-state index < -0.39 is 0 Å². The first-order chi connectivity index (χ1) is 13.4. The lowest BCUT2D eigenvalue weighted by Gasteiger charge is -2.03. The summed E-state index contributed by atoms with van der Waals surface area (Å²) in [6, 6.07) is 0. The molecule has 27 heavy (non-hydrogen) atoms. The van der Waals surface area contributed by atoms with Crippen LogP contribution in [-0.4, -0.2) is 4.57 Å². The summed E-state index contributed by atoms with van der Waals surface area (Å²) in [5.41, 5.74) is 0. The molecule has 0 saturated carbocycles. The van der Waals surface area contributed by atoms with Crippen LogP contribution in [0.25, 0.3) is 0 Å². The summed E-state index contributed by atoms with van der Waals surface area (Å²) in [4.78, 5) is 0. The molecule has 0 aromatic carbocycles. The molecule has 158 valence electrons. The second-order valence-electron chi connectivity index (χ2n) is 8.55. The van der Waals surface area contributed by atoms with E-state index in [-0.39, 0.29) is 0 Å². The van der Waals surface area contributed by atoms with Crippen molar-refractivity contribution in [3.8, 4) is 0 Å². The molecule has 0 atom stereocenters. The van der Waals surface area contributed by atoms with Crippen LogP contribution in [0.5, 0.6) is 0 Å². The third-order valence-electron chi connectivity index (χ3n) is 5.75. The van der Waals surface area contributed by atoms with Gasteiger partial charge in [-0.2, -0.15) is 0 Å². The maximum Gasteiger partial charge on any atom is 0.243 e. The Morgan fingerprint density at radius 1 is 0.556 bits per heavy atom. The van der Waals surface area contributed by atoms with Gasteiger partial charge < -0.3 is 0 Å². The highest BCUT2D eigenvalue weighted by molar-refractivity contribution is 4.65. The summed E-state index contributed by atoms with van der Waals surface area (Å²) in [5, 5.41) is 0.